The Bertz CT molecular complexity index is 297. The van der Waals surface area contributed by atoms with Gasteiger partial charge in [-0.25, -0.2) is 0 Å². The molecule has 0 rings (SSSR count). The van der Waals surface area contributed by atoms with Gasteiger partial charge in [0.1, 0.15) is 6.04 Å². The van der Waals surface area contributed by atoms with Gasteiger partial charge in [0.15, 0.2) is 0 Å². The number of carbonyl (C=O) groups is 1. The lowest BCUT2D eigenvalue weighted by Gasteiger charge is -2.06. The summed E-state index contributed by atoms with van der Waals surface area (Å²) in [6.07, 6.45) is 15.8. The Morgan fingerprint density at radius 2 is 0.969 bits per heavy atom. The zero-order valence-corrected chi connectivity index (χ0v) is 21.0. The fourth-order valence-electron chi connectivity index (χ4n) is 2.25. The molecule has 198 valence electrons. The summed E-state index contributed by atoms with van der Waals surface area (Å²) in [4.78, 5) is 11.1. The fraction of sp³-hybridized carbons (Fsp3) is 0.957. The van der Waals surface area contributed by atoms with Gasteiger partial charge in [0.2, 0.25) is 0 Å². The molecule has 11 N–H and O–H groups in total. The maximum Gasteiger partial charge on any atom is 0.322 e. The third-order valence-corrected chi connectivity index (χ3v) is 4.00. The Labute approximate surface area is 197 Å². The summed E-state index contributed by atoms with van der Waals surface area (Å²) in [5, 5.41) is 23.2. The fourth-order valence-corrected chi connectivity index (χ4v) is 2.25. The van der Waals surface area contributed by atoms with E-state index in [0.29, 0.717) is 26.2 Å². The van der Waals surface area contributed by atoms with E-state index in [1.54, 1.807) is 6.92 Å². The van der Waals surface area contributed by atoms with E-state index in [4.69, 9.17) is 43.0 Å². The summed E-state index contributed by atoms with van der Waals surface area (Å²) in [7, 11) is 0. The van der Waals surface area contributed by atoms with Crippen LogP contribution in [0.5, 0.6) is 0 Å². The van der Waals surface area contributed by atoms with Crippen molar-refractivity contribution in [3.8, 4) is 0 Å². The van der Waals surface area contributed by atoms with Crippen LogP contribution in [0.3, 0.4) is 0 Å². The molecule has 0 aliphatic heterocycles. The van der Waals surface area contributed by atoms with E-state index in [1.807, 2.05) is 0 Å². The molecule has 9 nitrogen and oxygen atoms in total. The van der Waals surface area contributed by atoms with Crippen LogP contribution in [0.1, 0.15) is 90.9 Å². The van der Waals surface area contributed by atoms with Crippen LogP contribution in [0.15, 0.2) is 0 Å². The minimum absolute atomic E-state index is 0.0972. The van der Waals surface area contributed by atoms with Crippen molar-refractivity contribution in [2.75, 3.05) is 46.1 Å². The van der Waals surface area contributed by atoms with Crippen LogP contribution in [-0.4, -0.2) is 73.4 Å². The van der Waals surface area contributed by atoms with Crippen LogP contribution in [-0.2, 0) is 9.53 Å². The number of aliphatic hydroxyl groups excluding tert-OH is 3. The number of hydrogen-bond acceptors (Lipinski definition) is 9. The quantitative estimate of drug-likeness (QED) is 0.122. The molecule has 0 heterocycles. The number of aliphatic hydroxyl groups is 3. The van der Waals surface area contributed by atoms with E-state index >= 15 is 0 Å². The van der Waals surface area contributed by atoms with Gasteiger partial charge in [0, 0.05) is 19.6 Å². The highest BCUT2D eigenvalue weighted by atomic mass is 16.5. The first kappa shape index (κ1) is 38.5. The molecule has 0 saturated heterocycles. The van der Waals surface area contributed by atoms with Crippen molar-refractivity contribution in [1.29, 1.82) is 0 Å². The van der Waals surface area contributed by atoms with Crippen molar-refractivity contribution in [3.05, 3.63) is 0 Å². The van der Waals surface area contributed by atoms with Crippen molar-refractivity contribution in [2.45, 2.75) is 96.9 Å². The van der Waals surface area contributed by atoms with Crippen LogP contribution in [0.4, 0.5) is 0 Å². The Morgan fingerprint density at radius 3 is 1.22 bits per heavy atom. The monoisotopic (exact) mass is 468 g/mol. The maximum absolute atomic E-state index is 11.1. The first-order valence-electron chi connectivity index (χ1n) is 12.3. The van der Waals surface area contributed by atoms with Gasteiger partial charge in [0.05, 0.1) is 26.4 Å². The van der Waals surface area contributed by atoms with Crippen molar-refractivity contribution >= 4 is 5.97 Å². The van der Waals surface area contributed by atoms with E-state index in [-0.39, 0.29) is 25.8 Å². The maximum atomic E-state index is 11.1. The molecule has 1 atom stereocenters. The summed E-state index contributed by atoms with van der Waals surface area (Å²) in [6.45, 7) is 5.86. The van der Waals surface area contributed by atoms with Gasteiger partial charge >= 0.3 is 5.97 Å². The third kappa shape index (κ3) is 51.7. The predicted octanol–water partition coefficient (Wildman–Crippen LogP) is 1.39. The number of nitrogens with two attached hydrogens (primary N) is 4. The standard InChI is InChI=1S/C17H35NO2.3C2H7NO/c1-3-4-5-6-7-8-9-10-11-12-13-14-15-20-17(19)16(2)18;3*3-1-2-4/h16H,3-15,18H2,1-2H3;3*4H,1-3H2. The van der Waals surface area contributed by atoms with E-state index in [2.05, 4.69) is 6.92 Å². The topological polar surface area (TPSA) is 191 Å². The second-order valence-corrected chi connectivity index (χ2v) is 7.38. The minimum Gasteiger partial charge on any atom is -0.465 e. The van der Waals surface area contributed by atoms with Crippen LogP contribution >= 0.6 is 0 Å². The van der Waals surface area contributed by atoms with Gasteiger partial charge in [0.25, 0.3) is 0 Å². The SMILES string of the molecule is CCCCCCCCCCCCCCOC(=O)C(C)N.NCCO.NCCO.NCCO. The molecule has 0 aromatic carbocycles. The molecule has 0 amide bonds. The number of hydrogen-bond donors (Lipinski definition) is 7. The summed E-state index contributed by atoms with van der Waals surface area (Å²) < 4.78 is 5.03. The smallest absolute Gasteiger partial charge is 0.322 e. The zero-order chi connectivity index (χ0) is 25.3. The highest BCUT2D eigenvalue weighted by molar-refractivity contribution is 5.74. The lowest BCUT2D eigenvalue weighted by atomic mass is 10.1. The molecule has 0 aliphatic carbocycles. The minimum atomic E-state index is -0.493. The number of unbranched alkanes of at least 4 members (excludes halogenated alkanes) is 11. The molecule has 0 aromatic heterocycles. The Balaban J connectivity index is -0.000000267. The van der Waals surface area contributed by atoms with Crippen LogP contribution in [0.2, 0.25) is 0 Å². The first-order valence-corrected chi connectivity index (χ1v) is 12.3. The van der Waals surface area contributed by atoms with Gasteiger partial charge < -0.3 is 43.0 Å². The van der Waals surface area contributed by atoms with E-state index in [1.165, 1.54) is 64.2 Å². The molecule has 0 saturated carbocycles. The highest BCUT2D eigenvalue weighted by Crippen LogP contribution is 2.11. The van der Waals surface area contributed by atoms with Crippen LogP contribution < -0.4 is 22.9 Å². The Morgan fingerprint density at radius 1 is 0.688 bits per heavy atom. The molecule has 0 spiro atoms. The third-order valence-electron chi connectivity index (χ3n) is 4.00. The molecule has 0 bridgehead atoms. The highest BCUT2D eigenvalue weighted by Gasteiger charge is 2.07. The van der Waals surface area contributed by atoms with E-state index < -0.39 is 6.04 Å². The largest absolute Gasteiger partial charge is 0.465 e. The van der Waals surface area contributed by atoms with Gasteiger partial charge in [-0.3, -0.25) is 4.79 Å². The second kappa shape index (κ2) is 40.5. The molecule has 0 fully saturated rings. The molecule has 9 heteroatoms. The van der Waals surface area contributed by atoms with Crippen LogP contribution in [0.25, 0.3) is 0 Å². The molecule has 32 heavy (non-hydrogen) atoms. The number of esters is 1. The van der Waals surface area contributed by atoms with E-state index in [0.717, 1.165) is 12.8 Å². The lowest BCUT2D eigenvalue weighted by molar-refractivity contribution is -0.144. The summed E-state index contributed by atoms with van der Waals surface area (Å²) in [5.41, 5.74) is 19.7. The van der Waals surface area contributed by atoms with Gasteiger partial charge in [-0.2, -0.15) is 0 Å². The first-order chi connectivity index (χ1) is 15.4. The molecule has 0 aromatic rings. The number of carbonyl (C=O) groups excluding carboxylic acids is 1. The number of ether oxygens (including phenoxy) is 1. The Hall–Kier alpha value is -0.810. The summed E-state index contributed by atoms with van der Waals surface area (Å²) >= 11 is 0. The second-order valence-electron chi connectivity index (χ2n) is 7.38. The average Bonchev–Trinajstić information content (AvgIpc) is 2.82. The normalized spacial score (nSPS) is 10.5. The lowest BCUT2D eigenvalue weighted by Crippen LogP contribution is -2.28. The number of rotatable bonds is 17. The predicted molar refractivity (Wildman–Crippen MR) is 134 cm³/mol. The summed E-state index contributed by atoms with van der Waals surface area (Å²) in [6, 6.07) is -0.493. The molecule has 1 unspecified atom stereocenters. The summed E-state index contributed by atoms with van der Waals surface area (Å²) in [5.74, 6) is -0.284. The van der Waals surface area contributed by atoms with E-state index in [9.17, 15) is 4.79 Å². The Kier molecular flexibility index (Phi) is 48.7. The van der Waals surface area contributed by atoms with Gasteiger partial charge in [-0.15, -0.1) is 0 Å². The van der Waals surface area contributed by atoms with Crippen LogP contribution in [0, 0.1) is 0 Å². The van der Waals surface area contributed by atoms with Gasteiger partial charge in [-0.05, 0) is 13.3 Å². The molecule has 0 aliphatic rings. The molecular formula is C23H56N4O5. The molecular weight excluding hydrogens is 412 g/mol. The zero-order valence-electron chi connectivity index (χ0n) is 21.0. The van der Waals surface area contributed by atoms with Crippen molar-refractivity contribution in [1.82, 2.24) is 0 Å². The molecule has 0 radical (unpaired) electrons. The van der Waals surface area contributed by atoms with Crippen molar-refractivity contribution < 1.29 is 24.9 Å². The van der Waals surface area contributed by atoms with Crippen molar-refractivity contribution in [2.24, 2.45) is 22.9 Å². The van der Waals surface area contributed by atoms with Crippen molar-refractivity contribution in [3.63, 3.8) is 0 Å². The average molecular weight is 469 g/mol. The van der Waals surface area contributed by atoms with Gasteiger partial charge in [-0.1, -0.05) is 77.6 Å².